The molecular formula is C19H21N5O4. The van der Waals surface area contributed by atoms with E-state index in [-0.39, 0.29) is 18.6 Å². The van der Waals surface area contributed by atoms with E-state index in [2.05, 4.69) is 20.3 Å². The lowest BCUT2D eigenvalue weighted by Gasteiger charge is -2.32. The lowest BCUT2D eigenvalue weighted by atomic mass is 10.1. The van der Waals surface area contributed by atoms with Crippen molar-refractivity contribution in [3.8, 4) is 11.5 Å². The van der Waals surface area contributed by atoms with Crippen molar-refractivity contribution in [2.24, 2.45) is 0 Å². The normalized spacial score (nSPS) is 17.1. The first kappa shape index (κ1) is 18.3. The topological polar surface area (TPSA) is 107 Å². The summed E-state index contributed by atoms with van der Waals surface area (Å²) < 4.78 is 16.3. The lowest BCUT2D eigenvalue weighted by Crippen LogP contribution is -2.43. The first-order chi connectivity index (χ1) is 13.6. The maximum Gasteiger partial charge on any atom is 0.259 e. The van der Waals surface area contributed by atoms with Crippen LogP contribution in [0.1, 0.15) is 40.5 Å². The fourth-order valence-corrected chi connectivity index (χ4v) is 3.32. The van der Waals surface area contributed by atoms with Gasteiger partial charge in [-0.05, 0) is 38.8 Å². The van der Waals surface area contributed by atoms with Gasteiger partial charge in [0.15, 0.2) is 5.82 Å². The highest BCUT2D eigenvalue weighted by Crippen LogP contribution is 2.21. The van der Waals surface area contributed by atoms with Crippen molar-refractivity contribution >= 4 is 5.91 Å². The Morgan fingerprint density at radius 1 is 1.32 bits per heavy atom. The summed E-state index contributed by atoms with van der Waals surface area (Å²) in [4.78, 5) is 23.0. The number of rotatable bonds is 5. The molecule has 146 valence electrons. The number of hydrogen-bond acceptors (Lipinski definition) is 8. The second kappa shape index (κ2) is 7.89. The van der Waals surface area contributed by atoms with E-state index in [1.54, 1.807) is 31.1 Å². The molecule has 0 aromatic carbocycles. The molecule has 4 rings (SSSR count). The van der Waals surface area contributed by atoms with Crippen molar-refractivity contribution in [1.29, 1.82) is 0 Å². The number of carbonyl (C=O) groups is 1. The fourth-order valence-electron chi connectivity index (χ4n) is 3.32. The summed E-state index contributed by atoms with van der Waals surface area (Å²) in [5.41, 5.74) is 1.91. The quantitative estimate of drug-likeness (QED) is 0.661. The van der Waals surface area contributed by atoms with E-state index in [1.807, 2.05) is 12.1 Å². The SMILES string of the molecule is Cc1noc(C)c1C(=O)N1CCCC(OCc2noc(-c3cccnc3)n2)C1. The fraction of sp³-hybridized carbons (Fsp3) is 0.421. The number of aromatic nitrogens is 4. The zero-order valence-electron chi connectivity index (χ0n) is 15.8. The summed E-state index contributed by atoms with van der Waals surface area (Å²) in [5, 5.41) is 7.82. The molecule has 1 unspecified atom stereocenters. The van der Waals surface area contributed by atoms with E-state index in [0.717, 1.165) is 18.4 Å². The van der Waals surface area contributed by atoms with Crippen LogP contribution < -0.4 is 0 Å². The molecule has 3 aromatic rings. The lowest BCUT2D eigenvalue weighted by molar-refractivity contribution is -0.00967. The second-order valence-corrected chi connectivity index (χ2v) is 6.78. The van der Waals surface area contributed by atoms with Crippen LogP contribution in [0.4, 0.5) is 0 Å². The summed E-state index contributed by atoms with van der Waals surface area (Å²) >= 11 is 0. The number of likely N-dealkylation sites (tertiary alicyclic amines) is 1. The van der Waals surface area contributed by atoms with Crippen LogP contribution in [-0.4, -0.2) is 50.3 Å². The number of ether oxygens (including phenoxy) is 1. The maximum absolute atomic E-state index is 12.8. The van der Waals surface area contributed by atoms with Crippen LogP contribution in [0.15, 0.2) is 33.6 Å². The standard InChI is InChI=1S/C19H21N5O4/c1-12-17(13(2)27-22-12)19(25)24-8-4-6-15(10-24)26-11-16-21-18(28-23-16)14-5-3-7-20-9-14/h3,5,7,9,15H,4,6,8,10-11H2,1-2H3. The van der Waals surface area contributed by atoms with Crippen molar-refractivity contribution in [1.82, 2.24) is 25.2 Å². The molecule has 1 aliphatic rings. The third-order valence-electron chi connectivity index (χ3n) is 4.74. The van der Waals surface area contributed by atoms with E-state index in [9.17, 15) is 4.79 Å². The minimum atomic E-state index is -0.0847. The summed E-state index contributed by atoms with van der Waals surface area (Å²) in [6.45, 7) is 4.95. The second-order valence-electron chi connectivity index (χ2n) is 6.78. The van der Waals surface area contributed by atoms with E-state index in [0.29, 0.717) is 41.8 Å². The highest BCUT2D eigenvalue weighted by atomic mass is 16.5. The molecular weight excluding hydrogens is 362 g/mol. The summed E-state index contributed by atoms with van der Waals surface area (Å²) in [6.07, 6.45) is 5.00. The number of hydrogen-bond donors (Lipinski definition) is 0. The van der Waals surface area contributed by atoms with Crippen molar-refractivity contribution in [2.75, 3.05) is 13.1 Å². The molecule has 0 radical (unpaired) electrons. The Hall–Kier alpha value is -3.07. The van der Waals surface area contributed by atoms with Crippen LogP contribution in [0, 0.1) is 13.8 Å². The monoisotopic (exact) mass is 383 g/mol. The summed E-state index contributed by atoms with van der Waals surface area (Å²) in [6, 6.07) is 3.66. The number of amides is 1. The molecule has 1 fully saturated rings. The van der Waals surface area contributed by atoms with Crippen molar-refractivity contribution in [2.45, 2.75) is 39.4 Å². The number of aryl methyl sites for hydroxylation is 2. The van der Waals surface area contributed by atoms with Crippen LogP contribution in [0.25, 0.3) is 11.5 Å². The van der Waals surface area contributed by atoms with Crippen LogP contribution in [0.3, 0.4) is 0 Å². The molecule has 9 nitrogen and oxygen atoms in total. The van der Waals surface area contributed by atoms with Gasteiger partial charge in [-0.1, -0.05) is 10.3 Å². The predicted octanol–water partition coefficient (Wildman–Crippen LogP) is 2.56. The van der Waals surface area contributed by atoms with Gasteiger partial charge in [0.25, 0.3) is 11.8 Å². The van der Waals surface area contributed by atoms with Crippen LogP contribution in [-0.2, 0) is 11.3 Å². The Morgan fingerprint density at radius 2 is 2.21 bits per heavy atom. The maximum atomic E-state index is 12.8. The largest absolute Gasteiger partial charge is 0.368 e. The first-order valence-corrected chi connectivity index (χ1v) is 9.18. The molecule has 0 saturated carbocycles. The highest BCUT2D eigenvalue weighted by molar-refractivity contribution is 5.96. The average Bonchev–Trinajstić information content (AvgIpc) is 3.33. The Morgan fingerprint density at radius 3 is 2.96 bits per heavy atom. The molecule has 1 saturated heterocycles. The molecule has 4 heterocycles. The Balaban J connectivity index is 1.36. The molecule has 0 bridgehead atoms. The van der Waals surface area contributed by atoms with E-state index in [4.69, 9.17) is 13.8 Å². The van der Waals surface area contributed by atoms with E-state index in [1.165, 1.54) is 0 Å². The van der Waals surface area contributed by atoms with Gasteiger partial charge in [-0.15, -0.1) is 0 Å². The molecule has 3 aromatic heterocycles. The Bertz CT molecular complexity index is 933. The van der Waals surface area contributed by atoms with Crippen molar-refractivity contribution in [3.63, 3.8) is 0 Å². The Kier molecular flexibility index (Phi) is 5.16. The Labute approximate surface area is 161 Å². The van der Waals surface area contributed by atoms with Crippen LogP contribution in [0.2, 0.25) is 0 Å². The van der Waals surface area contributed by atoms with E-state index >= 15 is 0 Å². The van der Waals surface area contributed by atoms with Gasteiger partial charge in [0.1, 0.15) is 17.9 Å². The average molecular weight is 383 g/mol. The molecule has 1 atom stereocenters. The molecule has 0 N–H and O–H groups in total. The minimum absolute atomic E-state index is 0.0667. The van der Waals surface area contributed by atoms with Crippen LogP contribution in [0.5, 0.6) is 0 Å². The van der Waals surface area contributed by atoms with Crippen molar-refractivity contribution < 1.29 is 18.6 Å². The molecule has 1 amide bonds. The zero-order valence-corrected chi connectivity index (χ0v) is 15.8. The van der Waals surface area contributed by atoms with Gasteiger partial charge in [-0.25, -0.2) is 0 Å². The number of piperidine rings is 1. The van der Waals surface area contributed by atoms with Gasteiger partial charge in [-0.2, -0.15) is 4.98 Å². The predicted molar refractivity (Wildman–Crippen MR) is 97.2 cm³/mol. The number of pyridine rings is 1. The van der Waals surface area contributed by atoms with Gasteiger partial charge < -0.3 is 18.7 Å². The number of nitrogens with zero attached hydrogens (tertiary/aromatic N) is 5. The van der Waals surface area contributed by atoms with E-state index < -0.39 is 0 Å². The minimum Gasteiger partial charge on any atom is -0.368 e. The van der Waals surface area contributed by atoms with Crippen LogP contribution >= 0.6 is 0 Å². The summed E-state index contributed by atoms with van der Waals surface area (Å²) in [7, 11) is 0. The van der Waals surface area contributed by atoms with Gasteiger partial charge in [0, 0.05) is 25.5 Å². The first-order valence-electron chi connectivity index (χ1n) is 9.18. The molecule has 0 spiro atoms. The zero-order chi connectivity index (χ0) is 19.5. The van der Waals surface area contributed by atoms with Gasteiger partial charge in [0.05, 0.1) is 17.4 Å². The van der Waals surface area contributed by atoms with Gasteiger partial charge in [0.2, 0.25) is 0 Å². The molecule has 28 heavy (non-hydrogen) atoms. The van der Waals surface area contributed by atoms with Gasteiger partial charge in [-0.3, -0.25) is 9.78 Å². The molecule has 0 aliphatic carbocycles. The molecule has 1 aliphatic heterocycles. The van der Waals surface area contributed by atoms with Gasteiger partial charge >= 0.3 is 0 Å². The smallest absolute Gasteiger partial charge is 0.259 e. The number of carbonyl (C=O) groups excluding carboxylic acids is 1. The highest BCUT2D eigenvalue weighted by Gasteiger charge is 2.29. The third-order valence-corrected chi connectivity index (χ3v) is 4.74. The summed E-state index contributed by atoms with van der Waals surface area (Å²) in [5.74, 6) is 1.35. The van der Waals surface area contributed by atoms with Crippen molar-refractivity contribution in [3.05, 3.63) is 47.4 Å². The third kappa shape index (κ3) is 3.79. The molecule has 9 heteroatoms.